The van der Waals surface area contributed by atoms with E-state index in [1.165, 1.54) is 11.1 Å². The number of ether oxygens (including phenoxy) is 1. The second kappa shape index (κ2) is 9.37. The van der Waals surface area contributed by atoms with Gasteiger partial charge in [0, 0.05) is 6.61 Å². The fraction of sp³-hybridized carbons (Fsp3) is 0.529. The van der Waals surface area contributed by atoms with E-state index in [2.05, 4.69) is 64.2 Å². The Hall–Kier alpha value is 0.214. The molecule has 0 amide bonds. The maximum Gasteiger partial charge on any atom is 3.00 e. The van der Waals surface area contributed by atoms with Crippen LogP contribution in [0.4, 0.5) is 0 Å². The van der Waals surface area contributed by atoms with Crippen molar-refractivity contribution in [2.75, 3.05) is 6.61 Å². The molecule has 4 heteroatoms. The Bertz CT molecular complexity index is 450. The Morgan fingerprint density at radius 3 is 2.43 bits per heavy atom. The molecular formula is C17H23Cl2OTi. The van der Waals surface area contributed by atoms with Gasteiger partial charge in [-0.25, -0.2) is 11.6 Å². The molecule has 0 aromatic rings. The molecule has 2 aliphatic carbocycles. The molecule has 21 heavy (non-hydrogen) atoms. The standard InChI is InChI=1S/C17H23O.2ClH.Ti/c1-5-18-17(13-9-8-10-14(17)2)16(3,4)15-11-6-7-12-15;;;/h6,8-11H,5,7,13H2,1-4H3;2*1H;/q-1;;;+3/p-2. The molecule has 2 aliphatic rings. The molecule has 0 aliphatic heterocycles. The molecule has 0 heterocycles. The first-order valence-corrected chi connectivity index (χ1v) is 6.80. The molecule has 0 bridgehead atoms. The van der Waals surface area contributed by atoms with Crippen molar-refractivity contribution in [2.24, 2.45) is 5.41 Å². The van der Waals surface area contributed by atoms with E-state index < -0.39 is 0 Å². The number of hydrogen-bond donors (Lipinski definition) is 0. The van der Waals surface area contributed by atoms with Gasteiger partial charge >= 0.3 is 21.7 Å². The number of hydrogen-bond acceptors (Lipinski definition) is 1. The molecule has 1 unspecified atom stereocenters. The van der Waals surface area contributed by atoms with Crippen LogP contribution in [0.25, 0.3) is 0 Å². The van der Waals surface area contributed by atoms with E-state index in [-0.39, 0.29) is 57.5 Å². The minimum absolute atomic E-state index is 0. The SMILES string of the molecule is CCOC1(C(C)(C)C2=[C-]CC=C2)CC=CC=C1C.[Cl-].[Cl-].[Ti+3]. The van der Waals surface area contributed by atoms with Crippen molar-refractivity contribution in [1.82, 2.24) is 0 Å². The van der Waals surface area contributed by atoms with Gasteiger partial charge in [-0.1, -0.05) is 32.1 Å². The molecule has 1 atom stereocenters. The van der Waals surface area contributed by atoms with Gasteiger partial charge < -0.3 is 29.6 Å². The third kappa shape index (κ3) is 4.15. The fourth-order valence-electron chi connectivity index (χ4n) is 3.14. The Kier molecular flexibility index (Phi) is 10.5. The predicted molar refractivity (Wildman–Crippen MR) is 76.2 cm³/mol. The van der Waals surface area contributed by atoms with Crippen molar-refractivity contribution >= 4 is 0 Å². The number of rotatable bonds is 4. The summed E-state index contributed by atoms with van der Waals surface area (Å²) in [5, 5.41) is 0. The Morgan fingerprint density at radius 2 is 1.95 bits per heavy atom. The quantitative estimate of drug-likeness (QED) is 0.432. The third-order valence-corrected chi connectivity index (χ3v) is 4.29. The minimum atomic E-state index is -0.229. The van der Waals surface area contributed by atoms with E-state index in [0.717, 1.165) is 19.4 Å². The fourth-order valence-corrected chi connectivity index (χ4v) is 3.14. The number of allylic oxidation sites excluding steroid dienone is 5. The van der Waals surface area contributed by atoms with Crippen LogP contribution in [0.15, 0.2) is 41.5 Å². The summed E-state index contributed by atoms with van der Waals surface area (Å²) >= 11 is 0. The van der Waals surface area contributed by atoms with E-state index in [9.17, 15) is 0 Å². The van der Waals surface area contributed by atoms with E-state index in [1.54, 1.807) is 0 Å². The topological polar surface area (TPSA) is 9.23 Å². The largest absolute Gasteiger partial charge is 3.00 e. The summed E-state index contributed by atoms with van der Waals surface area (Å²) in [5.41, 5.74) is 2.31. The van der Waals surface area contributed by atoms with Crippen LogP contribution in [0.1, 0.15) is 40.5 Å². The molecule has 0 aromatic carbocycles. The second-order valence-corrected chi connectivity index (χ2v) is 5.56. The van der Waals surface area contributed by atoms with Gasteiger partial charge in [0.25, 0.3) is 0 Å². The monoisotopic (exact) mass is 361 g/mol. The van der Waals surface area contributed by atoms with E-state index in [4.69, 9.17) is 4.74 Å². The van der Waals surface area contributed by atoms with Crippen molar-refractivity contribution in [3.05, 3.63) is 47.6 Å². The van der Waals surface area contributed by atoms with Crippen LogP contribution in [0.3, 0.4) is 0 Å². The molecule has 0 aromatic heterocycles. The number of halogens is 2. The molecule has 1 nitrogen and oxygen atoms in total. The van der Waals surface area contributed by atoms with Crippen LogP contribution in [0.2, 0.25) is 0 Å². The predicted octanol–water partition coefficient (Wildman–Crippen LogP) is -1.61. The molecule has 0 spiro atoms. The minimum Gasteiger partial charge on any atom is -1.00 e. The molecule has 0 saturated heterocycles. The molecule has 0 N–H and O–H groups in total. The first-order chi connectivity index (χ1) is 8.54. The smallest absolute Gasteiger partial charge is 1.00 e. The summed E-state index contributed by atoms with van der Waals surface area (Å²) in [6.45, 7) is 9.54. The normalized spacial score (nSPS) is 23.4. The zero-order valence-corrected chi connectivity index (χ0v) is 16.2. The van der Waals surface area contributed by atoms with Crippen LogP contribution in [-0.2, 0) is 26.5 Å². The first-order valence-electron chi connectivity index (χ1n) is 6.80. The maximum absolute atomic E-state index is 6.25. The van der Waals surface area contributed by atoms with Crippen LogP contribution in [0.5, 0.6) is 0 Å². The molecule has 2 rings (SSSR count). The van der Waals surface area contributed by atoms with Gasteiger partial charge in [0.05, 0.1) is 5.60 Å². The molecule has 115 valence electrons. The summed E-state index contributed by atoms with van der Waals surface area (Å²) in [5.74, 6) is 0. The average molecular weight is 362 g/mol. The Morgan fingerprint density at radius 1 is 1.29 bits per heavy atom. The third-order valence-electron chi connectivity index (χ3n) is 4.29. The average Bonchev–Trinajstić information content (AvgIpc) is 2.86. The summed E-state index contributed by atoms with van der Waals surface area (Å²) in [6.07, 6.45) is 16.2. The maximum atomic E-state index is 6.25. The molecule has 0 saturated carbocycles. The van der Waals surface area contributed by atoms with E-state index in [1.807, 2.05) is 0 Å². The van der Waals surface area contributed by atoms with Crippen LogP contribution >= 0.6 is 0 Å². The van der Waals surface area contributed by atoms with Crippen molar-refractivity contribution in [2.45, 2.75) is 46.1 Å². The van der Waals surface area contributed by atoms with Gasteiger partial charge in [0.1, 0.15) is 0 Å². The Balaban J connectivity index is 0. The van der Waals surface area contributed by atoms with Crippen molar-refractivity contribution in [3.63, 3.8) is 0 Å². The molecule has 1 radical (unpaired) electrons. The first kappa shape index (κ1) is 23.5. The van der Waals surface area contributed by atoms with E-state index in [0.29, 0.717) is 0 Å². The summed E-state index contributed by atoms with van der Waals surface area (Å²) in [7, 11) is 0. The van der Waals surface area contributed by atoms with E-state index >= 15 is 0 Å². The zero-order valence-electron chi connectivity index (χ0n) is 13.2. The van der Waals surface area contributed by atoms with Gasteiger partial charge in [-0.3, -0.25) is 6.08 Å². The van der Waals surface area contributed by atoms with Crippen LogP contribution < -0.4 is 24.8 Å². The van der Waals surface area contributed by atoms with Gasteiger partial charge in [0.15, 0.2) is 0 Å². The van der Waals surface area contributed by atoms with Gasteiger partial charge in [-0.15, -0.1) is 6.42 Å². The van der Waals surface area contributed by atoms with Crippen LogP contribution in [0, 0.1) is 11.5 Å². The van der Waals surface area contributed by atoms with Gasteiger partial charge in [-0.2, -0.15) is 6.08 Å². The Labute approximate surface area is 156 Å². The summed E-state index contributed by atoms with van der Waals surface area (Å²) in [6, 6.07) is 0. The van der Waals surface area contributed by atoms with Crippen LogP contribution in [-0.4, -0.2) is 12.2 Å². The van der Waals surface area contributed by atoms with Crippen molar-refractivity contribution < 1.29 is 51.3 Å². The van der Waals surface area contributed by atoms with Gasteiger partial charge in [-0.05, 0) is 31.3 Å². The summed E-state index contributed by atoms with van der Waals surface area (Å²) in [4.78, 5) is 0. The van der Waals surface area contributed by atoms with Gasteiger partial charge in [0.2, 0.25) is 0 Å². The second-order valence-electron chi connectivity index (χ2n) is 5.56. The summed E-state index contributed by atoms with van der Waals surface area (Å²) < 4.78 is 6.25. The molecular weight excluding hydrogens is 339 g/mol. The van der Waals surface area contributed by atoms with Crippen molar-refractivity contribution in [1.29, 1.82) is 0 Å². The zero-order chi connectivity index (χ0) is 13.2. The van der Waals surface area contributed by atoms with Crippen molar-refractivity contribution in [3.8, 4) is 0 Å². The molecule has 0 fully saturated rings.